The highest BCUT2D eigenvalue weighted by molar-refractivity contribution is 6.09. The van der Waals surface area contributed by atoms with E-state index in [1.165, 1.54) is 35.0 Å². The van der Waals surface area contributed by atoms with Crippen molar-refractivity contribution < 1.29 is 34.0 Å². The van der Waals surface area contributed by atoms with E-state index in [1.54, 1.807) is 63.7 Å². The van der Waals surface area contributed by atoms with Crippen molar-refractivity contribution in [1.29, 1.82) is 0 Å². The third kappa shape index (κ3) is 6.37. The van der Waals surface area contributed by atoms with Gasteiger partial charge in [0.15, 0.2) is 5.69 Å². The topological polar surface area (TPSA) is 40.2 Å². The van der Waals surface area contributed by atoms with Gasteiger partial charge in [-0.25, -0.2) is 9.83 Å². The molecule has 3 aromatic heterocycles. The summed E-state index contributed by atoms with van der Waals surface area (Å²) in [7, 11) is 0. The third-order valence-electron chi connectivity index (χ3n) is 10.4. The van der Waals surface area contributed by atoms with E-state index in [0.29, 0.717) is 39.3 Å². The van der Waals surface area contributed by atoms with E-state index in [4.69, 9.17) is 36.0 Å². The Labute approximate surface area is 384 Å². The fourth-order valence-corrected chi connectivity index (χ4v) is 7.72. The van der Waals surface area contributed by atoms with E-state index in [2.05, 4.69) is 16.2 Å². The van der Waals surface area contributed by atoms with Crippen LogP contribution in [0.3, 0.4) is 0 Å². The van der Waals surface area contributed by atoms with Crippen LogP contribution in [0.15, 0.2) is 206 Å². The molecule has 0 radical (unpaired) electrons. The van der Waals surface area contributed by atoms with Gasteiger partial charge in [0.25, 0.3) is 6.33 Å². The number of imidazole rings is 1. The average molecular weight is 814 g/mol. The molecule has 0 unspecified atom stereocenters. The van der Waals surface area contributed by atoms with E-state index < -0.39 is 97.5 Å². The van der Waals surface area contributed by atoms with Crippen molar-refractivity contribution in [3.8, 4) is 62.1 Å². The zero-order chi connectivity index (χ0) is 57.1. The molecule has 0 saturated heterocycles. The summed E-state index contributed by atoms with van der Waals surface area (Å²) in [6, 6.07) is 21.1. The van der Waals surface area contributed by atoms with Gasteiger partial charge in [0.2, 0.25) is 0 Å². The molecular weight excluding hydrogens is 759 g/mol. The van der Waals surface area contributed by atoms with Gasteiger partial charge in [0.1, 0.15) is 17.3 Å². The number of para-hydroxylation sites is 2. The van der Waals surface area contributed by atoms with E-state index in [-0.39, 0.29) is 56.1 Å². The number of hydrogen-bond acceptors (Lipinski definition) is 2. The lowest BCUT2D eigenvalue weighted by molar-refractivity contribution is -0.571. The largest absolute Gasteiger partial charge is 0.458 e. The Kier molecular flexibility index (Phi) is 5.46. The second-order valence-corrected chi connectivity index (χ2v) is 14.0. The highest BCUT2D eigenvalue weighted by Gasteiger charge is 2.21. The van der Waals surface area contributed by atoms with Crippen LogP contribution in [0.5, 0.6) is 11.5 Å². The Morgan fingerprint density at radius 2 is 1.29 bits per heavy atom. The number of benzene rings is 8. The lowest BCUT2D eigenvalue weighted by Gasteiger charge is -2.17. The minimum absolute atomic E-state index is 0.0422. The van der Waals surface area contributed by atoms with Gasteiger partial charge in [-0.1, -0.05) is 145 Å². The molecule has 0 bridgehead atoms. The molecule has 6 heteroatoms. The Hall–Kier alpha value is -8.53. The van der Waals surface area contributed by atoms with E-state index >= 15 is 0 Å². The third-order valence-corrected chi connectivity index (χ3v) is 10.4. The number of aryl methyl sites for hydroxylation is 1. The summed E-state index contributed by atoms with van der Waals surface area (Å²) < 4.78 is 166. The molecule has 0 amide bonds. The summed E-state index contributed by atoms with van der Waals surface area (Å²) in [4.78, 5) is 8.33. The van der Waals surface area contributed by atoms with Crippen molar-refractivity contribution >= 4 is 38.5 Å². The van der Waals surface area contributed by atoms with Gasteiger partial charge in [-0.05, 0) is 88.8 Å². The number of fused-ring (bicyclic) bond motifs is 4. The predicted octanol–water partition coefficient (Wildman–Crippen LogP) is 13.9. The molecule has 0 N–H and O–H groups in total. The molecule has 0 aliphatic carbocycles. The first-order valence-corrected chi connectivity index (χ1v) is 19.1. The molecule has 0 spiro atoms. The van der Waals surface area contributed by atoms with Crippen molar-refractivity contribution in [2.24, 2.45) is 0 Å². The van der Waals surface area contributed by atoms with E-state index in [9.17, 15) is 0 Å². The van der Waals surface area contributed by atoms with Crippen LogP contribution >= 0.6 is 0 Å². The maximum atomic E-state index is 9.03. The summed E-state index contributed by atoms with van der Waals surface area (Å²) in [5.74, 6) is 0.786. The Morgan fingerprint density at radius 3 is 2.00 bits per heavy atom. The van der Waals surface area contributed by atoms with Crippen LogP contribution in [-0.2, 0) is 0 Å². The molecule has 62 heavy (non-hydrogen) atoms. The molecule has 11 aromatic rings. The highest BCUT2D eigenvalue weighted by Crippen LogP contribution is 2.38. The van der Waals surface area contributed by atoms with Gasteiger partial charge < -0.3 is 4.74 Å². The van der Waals surface area contributed by atoms with Crippen LogP contribution in [0.4, 0.5) is 5.69 Å². The molecule has 8 aromatic carbocycles. The fourth-order valence-electron chi connectivity index (χ4n) is 7.72. The Morgan fingerprint density at radius 1 is 0.629 bits per heavy atom. The smallest absolute Gasteiger partial charge is 0.269 e. The molecule has 6 nitrogen and oxygen atoms in total. The zero-order valence-electron chi connectivity index (χ0n) is 50.1. The normalized spacial score (nSPS) is 15.6. The standard InChI is InChI=1S/C56H37N5O/c1-38-32-55(58-36-50(38)41-20-10-5-11-21-41)61-51-27-13-12-24-48(51)49-30-29-45(35-53(49)61)62-44-23-14-22-43(34-44)59-37-60(52-31-28-42(57-2)33-54(52)59)56-46(39-16-6-3-7-17-39)25-15-26-47(56)40-18-8-4-9-19-40/h3-36H,1H3/i1D3,3D,4D,5D,6D,7D,8D,9D,10D,11D,16D,17D,18D,19D,20D,21D. The first-order valence-electron chi connectivity index (χ1n) is 28.1. The number of hydrogen-bond donors (Lipinski definition) is 0. The number of rotatable bonds is 8. The maximum absolute atomic E-state index is 9.03. The number of nitrogens with zero attached hydrogens (tertiary/aromatic N) is 5. The molecule has 0 saturated carbocycles. The zero-order valence-corrected chi connectivity index (χ0v) is 32.1. The van der Waals surface area contributed by atoms with Crippen molar-refractivity contribution in [3.05, 3.63) is 229 Å². The lowest BCUT2D eigenvalue weighted by atomic mass is 9.95. The SMILES string of the molecule is [2H]c1c([2H])c([2H])c(-c2cnc(-n3c4ccccc4c4ccc(Oc5cccc(-n6[c-][n+](-c7c(-c8c([2H])c([2H])c([2H])c([2H])c8[2H])cccc7-c7c([2H])c([2H])c([2H])c([2H])c7[2H])c7ccc([N+]#[C-])cc76)c5)cc43)cc2C([2H])([2H])[2H])c([2H])c1[2H]. The molecule has 0 aliphatic heterocycles. The molecule has 0 atom stereocenters. The highest BCUT2D eigenvalue weighted by atomic mass is 16.5. The minimum Gasteiger partial charge on any atom is -0.458 e. The first kappa shape index (κ1) is 22.2. The molecule has 3 heterocycles. The molecule has 0 fully saturated rings. The van der Waals surface area contributed by atoms with Crippen molar-refractivity contribution in [3.63, 3.8) is 0 Å². The van der Waals surface area contributed by atoms with Crippen LogP contribution < -0.4 is 9.30 Å². The summed E-state index contributed by atoms with van der Waals surface area (Å²) in [6.07, 6.45) is 4.53. The number of pyridine rings is 1. The number of ether oxygens (including phenoxy) is 1. The molecule has 292 valence electrons. The summed E-state index contributed by atoms with van der Waals surface area (Å²) >= 11 is 0. The second kappa shape index (κ2) is 15.3. The second-order valence-electron chi connectivity index (χ2n) is 14.0. The Bertz CT molecular complexity index is 4370. The van der Waals surface area contributed by atoms with Crippen molar-refractivity contribution in [2.75, 3.05) is 0 Å². The van der Waals surface area contributed by atoms with Crippen LogP contribution in [-0.4, -0.2) is 14.1 Å². The predicted molar refractivity (Wildman–Crippen MR) is 250 cm³/mol. The van der Waals surface area contributed by atoms with Crippen LogP contribution in [0.1, 0.15) is 30.2 Å². The van der Waals surface area contributed by atoms with Crippen molar-refractivity contribution in [2.45, 2.75) is 6.85 Å². The average Bonchev–Trinajstić information content (AvgIpc) is 4.07. The number of aromatic nitrogens is 4. The lowest BCUT2D eigenvalue weighted by Crippen LogP contribution is -2.31. The summed E-state index contributed by atoms with van der Waals surface area (Å²) in [5.41, 5.74) is 1.50. The minimum atomic E-state index is -2.83. The van der Waals surface area contributed by atoms with Gasteiger partial charge in [0.05, 0.1) is 60.6 Å². The first-order chi connectivity index (χ1) is 38.0. The van der Waals surface area contributed by atoms with Crippen LogP contribution in [0.25, 0.3) is 88.3 Å². The van der Waals surface area contributed by atoms with Gasteiger partial charge in [-0.3, -0.25) is 13.7 Å². The van der Waals surface area contributed by atoms with Crippen molar-refractivity contribution in [1.82, 2.24) is 14.1 Å². The van der Waals surface area contributed by atoms with Gasteiger partial charge >= 0.3 is 0 Å². The van der Waals surface area contributed by atoms with E-state index in [0.717, 1.165) is 10.8 Å². The monoisotopic (exact) mass is 813 g/mol. The molecule has 0 aliphatic rings. The maximum Gasteiger partial charge on any atom is 0.269 e. The van der Waals surface area contributed by atoms with Gasteiger partial charge in [-0.2, -0.15) is 0 Å². The van der Waals surface area contributed by atoms with Crippen LogP contribution in [0.2, 0.25) is 0 Å². The summed E-state index contributed by atoms with van der Waals surface area (Å²) in [6.45, 7) is 5.11. The fraction of sp³-hybridized carbons (Fsp3) is 0.0179. The van der Waals surface area contributed by atoms with E-state index in [1.807, 2.05) is 30.3 Å². The van der Waals surface area contributed by atoms with Gasteiger partial charge in [-0.15, -0.1) is 0 Å². The Balaban J connectivity index is 1.08. The van der Waals surface area contributed by atoms with Gasteiger partial charge in [0, 0.05) is 32.7 Å². The quantitative estimate of drug-likeness (QED) is 0.113. The van der Waals surface area contributed by atoms with Crippen LogP contribution in [0, 0.1) is 19.8 Å². The molecule has 11 rings (SSSR count). The summed E-state index contributed by atoms with van der Waals surface area (Å²) in [5, 5.41) is 1.53. The molecular formula is C56H37N5O.